The van der Waals surface area contributed by atoms with Gasteiger partial charge in [-0.25, -0.2) is 4.98 Å². The van der Waals surface area contributed by atoms with Crippen LogP contribution in [0.15, 0.2) is 30.3 Å². The number of carbonyl (C=O) groups excluding carboxylic acids is 1. The summed E-state index contributed by atoms with van der Waals surface area (Å²) in [5.74, 6) is -0.257. The Balaban J connectivity index is 1.62. The number of ether oxygens (including phenoxy) is 1. The van der Waals surface area contributed by atoms with Crippen molar-refractivity contribution in [1.82, 2.24) is 9.88 Å². The van der Waals surface area contributed by atoms with Gasteiger partial charge < -0.3 is 4.74 Å². The summed E-state index contributed by atoms with van der Waals surface area (Å²) in [6.07, 6.45) is 0. The minimum atomic E-state index is -0.472. The van der Waals surface area contributed by atoms with E-state index in [9.17, 15) is 14.9 Å². The fourth-order valence-corrected chi connectivity index (χ4v) is 5.02. The van der Waals surface area contributed by atoms with Gasteiger partial charge in [0, 0.05) is 32.2 Å². The van der Waals surface area contributed by atoms with Crippen LogP contribution in [0, 0.1) is 17.0 Å². The maximum atomic E-state index is 13.2. The van der Waals surface area contributed by atoms with Crippen LogP contribution < -0.4 is 4.90 Å². The molecule has 1 aliphatic heterocycles. The Hall–Kier alpha value is -2.40. The van der Waals surface area contributed by atoms with Gasteiger partial charge in [0.15, 0.2) is 5.13 Å². The maximum absolute atomic E-state index is 13.2. The van der Waals surface area contributed by atoms with Gasteiger partial charge in [-0.1, -0.05) is 28.7 Å². The summed E-state index contributed by atoms with van der Waals surface area (Å²) in [4.78, 5) is 32.7. The fraction of sp³-hybridized carbons (Fsp3) is 0.368. The van der Waals surface area contributed by atoms with Crippen molar-refractivity contribution in [1.29, 1.82) is 0 Å². The first-order valence-electron chi connectivity index (χ1n) is 9.24. The van der Waals surface area contributed by atoms with E-state index < -0.39 is 4.92 Å². The highest BCUT2D eigenvalue weighted by Crippen LogP contribution is 2.32. The standard InChI is InChI=1S/C19H20N4O4S2/c1-13-2-3-14-16(12-13)29-19(20-14)22(7-6-21-8-10-27-11-9-21)18(24)15-4-5-17(28-15)23(25)26/h2-5,12H,6-11H2,1H3. The molecule has 0 aliphatic carbocycles. The first kappa shape index (κ1) is 19.9. The second-order valence-electron chi connectivity index (χ2n) is 6.77. The number of carbonyl (C=O) groups is 1. The lowest BCUT2D eigenvalue weighted by Gasteiger charge is -2.29. The number of hydrogen-bond donors (Lipinski definition) is 0. The molecule has 0 atom stereocenters. The third kappa shape index (κ3) is 4.45. The summed E-state index contributed by atoms with van der Waals surface area (Å²) in [7, 11) is 0. The molecule has 2 aromatic heterocycles. The summed E-state index contributed by atoms with van der Waals surface area (Å²) in [5.41, 5.74) is 1.98. The van der Waals surface area contributed by atoms with Crippen LogP contribution in [0.3, 0.4) is 0 Å². The minimum absolute atomic E-state index is 0.0404. The van der Waals surface area contributed by atoms with Crippen molar-refractivity contribution in [3.63, 3.8) is 0 Å². The van der Waals surface area contributed by atoms with Crippen LogP contribution in [0.25, 0.3) is 10.2 Å². The number of nitrogens with zero attached hydrogens (tertiary/aromatic N) is 4. The molecule has 1 fully saturated rings. The number of aromatic nitrogens is 1. The summed E-state index contributed by atoms with van der Waals surface area (Å²) in [6.45, 7) is 6.19. The third-order valence-electron chi connectivity index (χ3n) is 4.73. The second-order valence-corrected chi connectivity index (χ2v) is 8.84. The van der Waals surface area contributed by atoms with E-state index in [1.807, 2.05) is 19.1 Å². The quantitative estimate of drug-likeness (QED) is 0.437. The second kappa shape index (κ2) is 8.54. The van der Waals surface area contributed by atoms with Gasteiger partial charge in [0.25, 0.3) is 5.91 Å². The van der Waals surface area contributed by atoms with Gasteiger partial charge in [-0.15, -0.1) is 0 Å². The van der Waals surface area contributed by atoms with E-state index in [4.69, 9.17) is 4.74 Å². The van der Waals surface area contributed by atoms with Crippen molar-refractivity contribution in [3.8, 4) is 0 Å². The molecule has 29 heavy (non-hydrogen) atoms. The summed E-state index contributed by atoms with van der Waals surface area (Å²) in [6, 6.07) is 8.89. The number of nitro groups is 1. The number of anilines is 1. The zero-order chi connectivity index (χ0) is 20.4. The molecule has 0 bridgehead atoms. The average molecular weight is 433 g/mol. The Morgan fingerprint density at radius 3 is 2.79 bits per heavy atom. The van der Waals surface area contributed by atoms with Crippen LogP contribution in [-0.2, 0) is 4.74 Å². The van der Waals surface area contributed by atoms with Crippen molar-refractivity contribution in [2.24, 2.45) is 0 Å². The molecule has 0 radical (unpaired) electrons. The highest BCUT2D eigenvalue weighted by atomic mass is 32.1. The molecule has 10 heteroatoms. The Bertz CT molecular complexity index is 1040. The zero-order valence-corrected chi connectivity index (χ0v) is 17.5. The van der Waals surface area contributed by atoms with Gasteiger partial charge in [0.1, 0.15) is 0 Å². The van der Waals surface area contributed by atoms with Crippen molar-refractivity contribution >= 4 is 48.9 Å². The number of amides is 1. The lowest BCUT2D eigenvalue weighted by Crippen LogP contribution is -2.43. The number of benzene rings is 1. The van der Waals surface area contributed by atoms with Crippen molar-refractivity contribution in [3.05, 3.63) is 50.9 Å². The lowest BCUT2D eigenvalue weighted by atomic mass is 10.2. The van der Waals surface area contributed by atoms with E-state index >= 15 is 0 Å². The predicted molar refractivity (Wildman–Crippen MR) is 114 cm³/mol. The van der Waals surface area contributed by atoms with E-state index in [1.165, 1.54) is 23.5 Å². The highest BCUT2D eigenvalue weighted by molar-refractivity contribution is 7.22. The van der Waals surface area contributed by atoms with Gasteiger partial charge in [0.05, 0.1) is 33.2 Å². The molecule has 152 valence electrons. The van der Waals surface area contributed by atoms with E-state index in [2.05, 4.69) is 16.0 Å². The Morgan fingerprint density at radius 2 is 2.07 bits per heavy atom. The van der Waals surface area contributed by atoms with E-state index in [0.29, 0.717) is 36.3 Å². The van der Waals surface area contributed by atoms with Crippen LogP contribution in [0.4, 0.5) is 10.1 Å². The number of rotatable bonds is 6. The smallest absolute Gasteiger partial charge is 0.324 e. The zero-order valence-electron chi connectivity index (χ0n) is 15.9. The van der Waals surface area contributed by atoms with Crippen molar-refractivity contribution < 1.29 is 14.5 Å². The Labute approximate surface area is 175 Å². The first-order chi connectivity index (χ1) is 14.0. The molecular weight excluding hydrogens is 412 g/mol. The molecule has 8 nitrogen and oxygen atoms in total. The number of aryl methyl sites for hydroxylation is 1. The summed E-state index contributed by atoms with van der Waals surface area (Å²) >= 11 is 2.36. The Morgan fingerprint density at radius 1 is 1.28 bits per heavy atom. The monoisotopic (exact) mass is 432 g/mol. The van der Waals surface area contributed by atoms with Gasteiger partial charge in [0.2, 0.25) is 0 Å². The van der Waals surface area contributed by atoms with Crippen LogP contribution >= 0.6 is 22.7 Å². The molecule has 3 heterocycles. The normalized spacial score (nSPS) is 14.9. The van der Waals surface area contributed by atoms with Gasteiger partial charge >= 0.3 is 5.00 Å². The van der Waals surface area contributed by atoms with E-state index in [-0.39, 0.29) is 10.9 Å². The topological polar surface area (TPSA) is 88.8 Å². The molecule has 1 saturated heterocycles. The molecule has 0 saturated carbocycles. The molecule has 1 aromatic carbocycles. The van der Waals surface area contributed by atoms with E-state index in [1.54, 1.807) is 4.90 Å². The Kier molecular flexibility index (Phi) is 5.86. The maximum Gasteiger partial charge on any atom is 0.324 e. The molecular formula is C19H20N4O4S2. The molecule has 0 spiro atoms. The van der Waals surface area contributed by atoms with Gasteiger partial charge in [-0.2, -0.15) is 0 Å². The molecule has 0 unspecified atom stereocenters. The molecule has 3 aromatic rings. The lowest BCUT2D eigenvalue weighted by molar-refractivity contribution is -0.380. The first-order valence-corrected chi connectivity index (χ1v) is 10.9. The largest absolute Gasteiger partial charge is 0.379 e. The summed E-state index contributed by atoms with van der Waals surface area (Å²) in [5, 5.41) is 11.6. The van der Waals surface area contributed by atoms with Gasteiger partial charge in [-0.3, -0.25) is 24.7 Å². The number of fused-ring (bicyclic) bond motifs is 1. The van der Waals surface area contributed by atoms with Crippen LogP contribution in [-0.4, -0.2) is 60.1 Å². The van der Waals surface area contributed by atoms with Crippen LogP contribution in [0.1, 0.15) is 15.2 Å². The SMILES string of the molecule is Cc1ccc2nc(N(CCN3CCOCC3)C(=O)c3ccc([N+](=O)[O-])s3)sc2c1. The predicted octanol–water partition coefficient (Wildman–Crippen LogP) is 3.55. The number of thiophene rings is 1. The minimum Gasteiger partial charge on any atom is -0.379 e. The van der Waals surface area contributed by atoms with Crippen molar-refractivity contribution in [2.75, 3.05) is 44.3 Å². The number of hydrogen-bond acceptors (Lipinski definition) is 8. The number of morpholine rings is 1. The third-order valence-corrected chi connectivity index (χ3v) is 6.80. The fourth-order valence-electron chi connectivity index (χ4n) is 3.16. The van der Waals surface area contributed by atoms with Crippen molar-refractivity contribution in [2.45, 2.75) is 6.92 Å². The summed E-state index contributed by atoms with van der Waals surface area (Å²) < 4.78 is 6.40. The van der Waals surface area contributed by atoms with E-state index in [0.717, 1.165) is 40.2 Å². The molecule has 1 aliphatic rings. The average Bonchev–Trinajstić information content (AvgIpc) is 3.36. The number of thiazole rings is 1. The highest BCUT2D eigenvalue weighted by Gasteiger charge is 2.25. The van der Waals surface area contributed by atoms with Crippen LogP contribution in [0.5, 0.6) is 0 Å². The van der Waals surface area contributed by atoms with Gasteiger partial charge in [-0.05, 0) is 30.7 Å². The molecule has 0 N–H and O–H groups in total. The molecule has 4 rings (SSSR count). The molecule has 1 amide bonds. The van der Waals surface area contributed by atoms with Crippen LogP contribution in [0.2, 0.25) is 0 Å².